The van der Waals surface area contributed by atoms with E-state index in [1.807, 2.05) is 33.9 Å². The predicted molar refractivity (Wildman–Crippen MR) is 68.4 cm³/mol. The average molecular weight is 248 g/mol. The smallest absolute Gasteiger partial charge is 0.412 e. The average Bonchev–Trinajstić information content (AvgIpc) is 2.57. The van der Waals surface area contributed by atoms with E-state index in [-0.39, 0.29) is 0 Å². The van der Waals surface area contributed by atoms with Crippen LogP contribution in [-0.4, -0.2) is 26.7 Å². The van der Waals surface area contributed by atoms with Crippen molar-refractivity contribution in [2.75, 3.05) is 5.32 Å². The summed E-state index contributed by atoms with van der Waals surface area (Å²) in [6.45, 7) is 5.45. The molecule has 0 atom stereocenters. The van der Waals surface area contributed by atoms with E-state index in [0.717, 1.165) is 11.0 Å². The van der Waals surface area contributed by atoms with Crippen molar-refractivity contribution in [1.82, 2.24) is 15.0 Å². The Labute approximate surface area is 105 Å². The van der Waals surface area contributed by atoms with Crippen molar-refractivity contribution in [3.05, 3.63) is 18.2 Å². The lowest BCUT2D eigenvalue weighted by Crippen LogP contribution is -2.27. The third-order valence-corrected chi connectivity index (χ3v) is 2.26. The van der Waals surface area contributed by atoms with Gasteiger partial charge < -0.3 is 4.74 Å². The molecule has 1 amide bonds. The second-order valence-corrected chi connectivity index (χ2v) is 5.04. The van der Waals surface area contributed by atoms with E-state index in [9.17, 15) is 4.79 Å². The highest BCUT2D eigenvalue weighted by atomic mass is 16.6. The van der Waals surface area contributed by atoms with Crippen molar-refractivity contribution in [2.24, 2.45) is 7.05 Å². The number of carbonyl (C=O) groups is 1. The molecule has 0 bridgehead atoms. The molecular formula is C12H16N4O2. The molecule has 1 heterocycles. The van der Waals surface area contributed by atoms with Gasteiger partial charge in [-0.2, -0.15) is 0 Å². The van der Waals surface area contributed by atoms with Crippen LogP contribution in [0.5, 0.6) is 0 Å². The van der Waals surface area contributed by atoms with Gasteiger partial charge in [0.15, 0.2) is 0 Å². The number of hydrogen-bond acceptors (Lipinski definition) is 4. The van der Waals surface area contributed by atoms with E-state index in [1.54, 1.807) is 16.8 Å². The summed E-state index contributed by atoms with van der Waals surface area (Å²) in [5.41, 5.74) is 1.76. The van der Waals surface area contributed by atoms with E-state index in [4.69, 9.17) is 4.74 Å². The van der Waals surface area contributed by atoms with Crippen LogP contribution in [0.1, 0.15) is 20.8 Å². The summed E-state index contributed by atoms with van der Waals surface area (Å²) in [6.07, 6.45) is -0.481. The summed E-state index contributed by atoms with van der Waals surface area (Å²) in [5, 5.41) is 10.5. The first-order chi connectivity index (χ1) is 8.35. The second-order valence-electron chi connectivity index (χ2n) is 5.04. The Morgan fingerprint density at radius 3 is 2.78 bits per heavy atom. The molecule has 1 N–H and O–H groups in total. The summed E-state index contributed by atoms with van der Waals surface area (Å²) in [4.78, 5) is 11.6. The van der Waals surface area contributed by atoms with Crippen molar-refractivity contribution in [3.63, 3.8) is 0 Å². The highest BCUT2D eigenvalue weighted by molar-refractivity contribution is 5.88. The number of fused-ring (bicyclic) bond motifs is 1. The van der Waals surface area contributed by atoms with Gasteiger partial charge in [-0.05, 0) is 39.0 Å². The van der Waals surface area contributed by atoms with E-state index >= 15 is 0 Å². The van der Waals surface area contributed by atoms with Crippen LogP contribution in [0.15, 0.2) is 18.2 Å². The van der Waals surface area contributed by atoms with E-state index in [0.29, 0.717) is 5.69 Å². The number of hydrogen-bond donors (Lipinski definition) is 1. The molecule has 2 aromatic rings. The summed E-state index contributed by atoms with van der Waals surface area (Å²) in [7, 11) is 1.82. The van der Waals surface area contributed by atoms with Gasteiger partial charge in [-0.1, -0.05) is 5.21 Å². The molecule has 0 aliphatic heterocycles. The van der Waals surface area contributed by atoms with Gasteiger partial charge in [0.2, 0.25) is 0 Å². The fourth-order valence-electron chi connectivity index (χ4n) is 1.54. The van der Waals surface area contributed by atoms with Gasteiger partial charge in [0.05, 0.1) is 5.52 Å². The molecule has 0 radical (unpaired) electrons. The first-order valence-electron chi connectivity index (χ1n) is 5.64. The molecule has 96 valence electrons. The van der Waals surface area contributed by atoms with Gasteiger partial charge >= 0.3 is 6.09 Å². The molecule has 0 aliphatic carbocycles. The standard InChI is InChI=1S/C12H16N4O2/c1-12(2,3)18-11(17)13-8-5-6-10-9(7-8)14-15-16(10)4/h5-7H,1-4H3,(H,13,17). The number of carbonyl (C=O) groups excluding carboxylic acids is 1. The van der Waals surface area contributed by atoms with Crippen LogP contribution in [0.3, 0.4) is 0 Å². The zero-order valence-electron chi connectivity index (χ0n) is 10.9. The normalized spacial score (nSPS) is 11.6. The third kappa shape index (κ3) is 2.77. The topological polar surface area (TPSA) is 69.0 Å². The Bertz CT molecular complexity index is 583. The number of rotatable bonds is 1. The minimum Gasteiger partial charge on any atom is -0.444 e. The van der Waals surface area contributed by atoms with Crippen molar-refractivity contribution in [2.45, 2.75) is 26.4 Å². The van der Waals surface area contributed by atoms with Crippen LogP contribution in [0.2, 0.25) is 0 Å². The molecule has 2 rings (SSSR count). The van der Waals surface area contributed by atoms with Crippen molar-refractivity contribution < 1.29 is 9.53 Å². The van der Waals surface area contributed by atoms with E-state index in [2.05, 4.69) is 15.6 Å². The Hall–Kier alpha value is -2.11. The van der Waals surface area contributed by atoms with Crippen LogP contribution >= 0.6 is 0 Å². The Balaban J connectivity index is 2.15. The van der Waals surface area contributed by atoms with E-state index in [1.165, 1.54) is 0 Å². The summed E-state index contributed by atoms with van der Waals surface area (Å²) in [5.74, 6) is 0. The lowest BCUT2D eigenvalue weighted by molar-refractivity contribution is 0.0636. The van der Waals surface area contributed by atoms with Crippen molar-refractivity contribution >= 4 is 22.8 Å². The lowest BCUT2D eigenvalue weighted by Gasteiger charge is -2.19. The molecule has 0 aliphatic rings. The fourth-order valence-corrected chi connectivity index (χ4v) is 1.54. The molecule has 18 heavy (non-hydrogen) atoms. The molecular weight excluding hydrogens is 232 g/mol. The van der Waals surface area contributed by atoms with Crippen molar-refractivity contribution in [3.8, 4) is 0 Å². The number of nitrogens with one attached hydrogen (secondary N) is 1. The van der Waals surface area contributed by atoms with Crippen LogP contribution in [-0.2, 0) is 11.8 Å². The Morgan fingerprint density at radius 1 is 1.39 bits per heavy atom. The summed E-state index contributed by atoms with van der Waals surface area (Å²) >= 11 is 0. The number of benzene rings is 1. The van der Waals surface area contributed by atoms with Crippen LogP contribution in [0, 0.1) is 0 Å². The molecule has 0 fully saturated rings. The molecule has 1 aromatic heterocycles. The van der Waals surface area contributed by atoms with Crippen LogP contribution in [0.4, 0.5) is 10.5 Å². The predicted octanol–water partition coefficient (Wildman–Crippen LogP) is 2.32. The summed E-state index contributed by atoms with van der Waals surface area (Å²) < 4.78 is 6.84. The Kier molecular flexibility index (Phi) is 2.94. The maximum absolute atomic E-state index is 11.6. The lowest BCUT2D eigenvalue weighted by atomic mass is 10.2. The zero-order chi connectivity index (χ0) is 13.3. The van der Waals surface area contributed by atoms with Gasteiger partial charge in [0.1, 0.15) is 11.1 Å². The van der Waals surface area contributed by atoms with Crippen molar-refractivity contribution in [1.29, 1.82) is 0 Å². The minimum absolute atomic E-state index is 0.481. The molecule has 0 saturated carbocycles. The number of nitrogens with zero attached hydrogens (tertiary/aromatic N) is 3. The van der Waals surface area contributed by atoms with Gasteiger partial charge in [0.25, 0.3) is 0 Å². The molecule has 0 unspecified atom stereocenters. The van der Waals surface area contributed by atoms with Gasteiger partial charge in [0, 0.05) is 12.7 Å². The third-order valence-electron chi connectivity index (χ3n) is 2.26. The quantitative estimate of drug-likeness (QED) is 0.840. The number of amides is 1. The number of aromatic nitrogens is 3. The largest absolute Gasteiger partial charge is 0.444 e. The highest BCUT2D eigenvalue weighted by Crippen LogP contribution is 2.17. The van der Waals surface area contributed by atoms with Gasteiger partial charge in [-0.3, -0.25) is 5.32 Å². The zero-order valence-corrected chi connectivity index (χ0v) is 10.9. The van der Waals surface area contributed by atoms with Crippen LogP contribution in [0.25, 0.3) is 11.0 Å². The SMILES string of the molecule is Cn1nnc2cc(NC(=O)OC(C)(C)C)ccc21. The van der Waals surface area contributed by atoms with Gasteiger partial charge in [-0.25, -0.2) is 9.48 Å². The maximum atomic E-state index is 11.6. The van der Waals surface area contributed by atoms with E-state index < -0.39 is 11.7 Å². The highest BCUT2D eigenvalue weighted by Gasteiger charge is 2.16. The molecule has 0 saturated heterocycles. The molecule has 6 heteroatoms. The van der Waals surface area contributed by atoms with Gasteiger partial charge in [-0.15, -0.1) is 5.10 Å². The molecule has 6 nitrogen and oxygen atoms in total. The first kappa shape index (κ1) is 12.3. The molecule has 0 spiro atoms. The maximum Gasteiger partial charge on any atom is 0.412 e. The number of ether oxygens (including phenoxy) is 1. The monoisotopic (exact) mass is 248 g/mol. The Morgan fingerprint density at radius 2 is 2.11 bits per heavy atom. The minimum atomic E-state index is -0.513. The first-order valence-corrected chi connectivity index (χ1v) is 5.64. The van der Waals surface area contributed by atoms with Crippen LogP contribution < -0.4 is 5.32 Å². The number of aryl methyl sites for hydroxylation is 1. The molecule has 1 aromatic carbocycles. The number of anilines is 1. The second kappa shape index (κ2) is 4.29. The summed E-state index contributed by atoms with van der Waals surface area (Å²) in [6, 6.07) is 5.39. The fraction of sp³-hybridized carbons (Fsp3) is 0.417.